The van der Waals surface area contributed by atoms with Crippen molar-refractivity contribution in [3.63, 3.8) is 0 Å². The monoisotopic (exact) mass is 274 g/mol. The Morgan fingerprint density at radius 3 is 2.84 bits per heavy atom. The summed E-state index contributed by atoms with van der Waals surface area (Å²) in [6.07, 6.45) is 3.94. The summed E-state index contributed by atoms with van der Waals surface area (Å²) in [5, 5.41) is 4.73. The summed E-state index contributed by atoms with van der Waals surface area (Å²) < 4.78 is 0. The average molecular weight is 274 g/mol. The molecule has 1 saturated heterocycles. The number of benzene rings is 1. The molecule has 19 heavy (non-hydrogen) atoms. The molecule has 1 heterocycles. The van der Waals surface area contributed by atoms with Gasteiger partial charge in [0.25, 0.3) is 0 Å². The van der Waals surface area contributed by atoms with Crippen LogP contribution in [0.3, 0.4) is 0 Å². The second kappa shape index (κ2) is 6.00. The number of aliphatic imine (C=N–C) groups is 1. The number of thioether (sulfide) groups is 1. The van der Waals surface area contributed by atoms with Crippen LogP contribution in [0.15, 0.2) is 35.3 Å². The van der Waals surface area contributed by atoms with Gasteiger partial charge in [-0.15, -0.1) is 0 Å². The molecule has 0 aromatic heterocycles. The Morgan fingerprint density at radius 2 is 2.11 bits per heavy atom. The van der Waals surface area contributed by atoms with Gasteiger partial charge in [0.2, 0.25) is 0 Å². The highest BCUT2D eigenvalue weighted by molar-refractivity contribution is 8.14. The quantitative estimate of drug-likeness (QED) is 0.890. The van der Waals surface area contributed by atoms with Crippen LogP contribution in [0.1, 0.15) is 25.3 Å². The van der Waals surface area contributed by atoms with Gasteiger partial charge in [-0.25, -0.2) is 0 Å². The first-order valence-electron chi connectivity index (χ1n) is 7.29. The average Bonchev–Trinajstić information content (AvgIpc) is 3.19. The molecule has 2 fully saturated rings. The Hall–Kier alpha value is -0.960. The van der Waals surface area contributed by atoms with E-state index in [1.54, 1.807) is 0 Å². The van der Waals surface area contributed by atoms with E-state index in [2.05, 4.69) is 42.6 Å². The van der Waals surface area contributed by atoms with E-state index < -0.39 is 0 Å². The molecule has 2 nitrogen and oxygen atoms in total. The lowest BCUT2D eigenvalue weighted by Gasteiger charge is -2.10. The van der Waals surface area contributed by atoms with Gasteiger partial charge in [-0.2, -0.15) is 0 Å². The fourth-order valence-electron chi connectivity index (χ4n) is 2.58. The smallest absolute Gasteiger partial charge is 0.156 e. The van der Waals surface area contributed by atoms with Crippen molar-refractivity contribution in [3.05, 3.63) is 35.9 Å². The Labute approximate surface area is 120 Å². The van der Waals surface area contributed by atoms with Crippen molar-refractivity contribution in [3.8, 4) is 0 Å². The molecule has 3 rings (SSSR count). The number of rotatable bonds is 5. The van der Waals surface area contributed by atoms with Crippen molar-refractivity contribution in [2.45, 2.75) is 32.2 Å². The molecule has 2 unspecified atom stereocenters. The lowest BCUT2D eigenvalue weighted by molar-refractivity contribution is 0.522. The molecule has 0 bridgehead atoms. The Balaban J connectivity index is 1.48. The van der Waals surface area contributed by atoms with Gasteiger partial charge in [0.15, 0.2) is 5.17 Å². The molecule has 1 aliphatic heterocycles. The summed E-state index contributed by atoms with van der Waals surface area (Å²) in [6, 6.07) is 11.3. The fraction of sp³-hybridized carbons (Fsp3) is 0.562. The van der Waals surface area contributed by atoms with Gasteiger partial charge in [0.1, 0.15) is 0 Å². The van der Waals surface area contributed by atoms with Gasteiger partial charge in [0, 0.05) is 18.3 Å². The fourth-order valence-corrected chi connectivity index (χ4v) is 3.55. The Kier molecular flexibility index (Phi) is 4.12. The zero-order valence-corrected chi connectivity index (χ0v) is 12.3. The summed E-state index contributed by atoms with van der Waals surface area (Å²) in [6.45, 7) is 3.33. The second-order valence-electron chi connectivity index (χ2n) is 5.80. The van der Waals surface area contributed by atoms with Gasteiger partial charge in [-0.3, -0.25) is 4.99 Å². The zero-order chi connectivity index (χ0) is 13.1. The van der Waals surface area contributed by atoms with Crippen molar-refractivity contribution in [1.29, 1.82) is 0 Å². The standard InChI is InChI=1S/C16H22N2S/c1-12(14-7-8-14)10-17-16-18-15(11-19-16)9-13-5-3-2-4-6-13/h2-6,12,14-15H,7-11H2,1H3,(H,17,18). The first-order chi connectivity index (χ1) is 9.31. The highest BCUT2D eigenvalue weighted by Crippen LogP contribution is 2.36. The summed E-state index contributed by atoms with van der Waals surface area (Å²) in [5.41, 5.74) is 1.41. The molecule has 1 aromatic rings. The lowest BCUT2D eigenvalue weighted by atomic mass is 10.1. The van der Waals surface area contributed by atoms with E-state index in [1.165, 1.54) is 18.4 Å². The maximum atomic E-state index is 4.74. The molecule has 0 amide bonds. The molecule has 2 aliphatic rings. The number of nitrogens with one attached hydrogen (secondary N) is 1. The highest BCUT2D eigenvalue weighted by atomic mass is 32.2. The van der Waals surface area contributed by atoms with E-state index in [1.807, 2.05) is 11.8 Å². The third-order valence-electron chi connectivity index (χ3n) is 4.02. The first-order valence-corrected chi connectivity index (χ1v) is 8.27. The van der Waals surface area contributed by atoms with Crippen molar-refractivity contribution in [2.24, 2.45) is 16.8 Å². The van der Waals surface area contributed by atoms with Crippen LogP contribution in [0, 0.1) is 11.8 Å². The first kappa shape index (κ1) is 13.0. The number of hydrogen-bond donors (Lipinski definition) is 1. The predicted molar refractivity (Wildman–Crippen MR) is 83.7 cm³/mol. The molecule has 0 spiro atoms. The number of amidine groups is 1. The summed E-state index contributed by atoms with van der Waals surface area (Å²) >= 11 is 1.88. The van der Waals surface area contributed by atoms with E-state index >= 15 is 0 Å². The molecule has 1 N–H and O–H groups in total. The SMILES string of the molecule is CC(CN=C1NC(Cc2ccccc2)CS1)C1CC1. The Morgan fingerprint density at radius 1 is 1.32 bits per heavy atom. The van der Waals surface area contributed by atoms with Crippen LogP contribution >= 0.6 is 11.8 Å². The van der Waals surface area contributed by atoms with Crippen molar-refractivity contribution in [2.75, 3.05) is 12.3 Å². The van der Waals surface area contributed by atoms with Gasteiger partial charge in [-0.05, 0) is 36.7 Å². The molecule has 102 valence electrons. The van der Waals surface area contributed by atoms with Gasteiger partial charge in [-0.1, -0.05) is 49.0 Å². The predicted octanol–water partition coefficient (Wildman–Crippen LogP) is 3.34. The van der Waals surface area contributed by atoms with Gasteiger partial charge < -0.3 is 5.32 Å². The molecule has 3 heteroatoms. The minimum absolute atomic E-state index is 0.544. The number of nitrogens with zero attached hydrogens (tertiary/aromatic N) is 1. The second-order valence-corrected chi connectivity index (χ2v) is 6.81. The van der Waals surface area contributed by atoms with Crippen LogP contribution < -0.4 is 5.32 Å². The van der Waals surface area contributed by atoms with E-state index in [-0.39, 0.29) is 0 Å². The van der Waals surface area contributed by atoms with Crippen LogP contribution in [-0.2, 0) is 6.42 Å². The molecule has 1 aliphatic carbocycles. The molecular weight excluding hydrogens is 252 g/mol. The summed E-state index contributed by atoms with van der Waals surface area (Å²) in [7, 11) is 0. The normalized spacial score (nSPS) is 26.4. The van der Waals surface area contributed by atoms with Crippen LogP contribution in [0.25, 0.3) is 0 Å². The van der Waals surface area contributed by atoms with E-state index in [9.17, 15) is 0 Å². The van der Waals surface area contributed by atoms with E-state index in [0.717, 1.165) is 35.7 Å². The molecule has 0 radical (unpaired) electrons. The van der Waals surface area contributed by atoms with Crippen LogP contribution in [0.4, 0.5) is 0 Å². The Bertz CT molecular complexity index is 439. The van der Waals surface area contributed by atoms with Crippen LogP contribution in [0.5, 0.6) is 0 Å². The van der Waals surface area contributed by atoms with Crippen LogP contribution in [-0.4, -0.2) is 23.5 Å². The highest BCUT2D eigenvalue weighted by Gasteiger charge is 2.28. The molecule has 1 aromatic carbocycles. The molecule has 1 saturated carbocycles. The summed E-state index contributed by atoms with van der Waals surface area (Å²) in [5.74, 6) is 2.87. The maximum Gasteiger partial charge on any atom is 0.156 e. The van der Waals surface area contributed by atoms with Crippen molar-refractivity contribution in [1.82, 2.24) is 5.32 Å². The summed E-state index contributed by atoms with van der Waals surface area (Å²) in [4.78, 5) is 4.74. The minimum Gasteiger partial charge on any atom is -0.361 e. The van der Waals surface area contributed by atoms with Crippen LogP contribution in [0.2, 0.25) is 0 Å². The number of hydrogen-bond acceptors (Lipinski definition) is 2. The van der Waals surface area contributed by atoms with Gasteiger partial charge in [0.05, 0.1) is 0 Å². The maximum absolute atomic E-state index is 4.74. The minimum atomic E-state index is 0.544. The largest absolute Gasteiger partial charge is 0.361 e. The lowest BCUT2D eigenvalue weighted by Crippen LogP contribution is -2.29. The topological polar surface area (TPSA) is 24.4 Å². The zero-order valence-electron chi connectivity index (χ0n) is 11.5. The van der Waals surface area contributed by atoms with Crippen molar-refractivity contribution < 1.29 is 0 Å². The van der Waals surface area contributed by atoms with Gasteiger partial charge >= 0.3 is 0 Å². The van der Waals surface area contributed by atoms with Crippen molar-refractivity contribution >= 4 is 16.9 Å². The third-order valence-corrected chi connectivity index (χ3v) is 5.11. The van der Waals surface area contributed by atoms with E-state index in [4.69, 9.17) is 4.99 Å². The van der Waals surface area contributed by atoms with E-state index in [0.29, 0.717) is 6.04 Å². The molecular formula is C16H22N2S. The molecule has 2 atom stereocenters. The third kappa shape index (κ3) is 3.75.